The number of carbonyl (C=O) groups is 1. The van der Waals surface area contributed by atoms with Crippen LogP contribution in [0.2, 0.25) is 0 Å². The normalized spacial score (nSPS) is 17.2. The minimum Gasteiger partial charge on any atom is -0.502 e. The molecular formula is C13H15BrN2O2. The predicted octanol–water partition coefficient (Wildman–Crippen LogP) is 2.58. The van der Waals surface area contributed by atoms with Gasteiger partial charge in [-0.25, -0.2) is 0 Å². The van der Waals surface area contributed by atoms with Crippen LogP contribution in [0.5, 0.6) is 0 Å². The van der Waals surface area contributed by atoms with E-state index in [0.717, 1.165) is 28.7 Å². The molecule has 1 atom stereocenters. The van der Waals surface area contributed by atoms with Gasteiger partial charge in [-0.1, -0.05) is 22.5 Å². The van der Waals surface area contributed by atoms with Gasteiger partial charge in [0.1, 0.15) is 6.04 Å². The summed E-state index contributed by atoms with van der Waals surface area (Å²) in [6, 6.07) is 5.51. The number of anilines is 1. The van der Waals surface area contributed by atoms with Gasteiger partial charge in [-0.15, -0.1) is 0 Å². The second kappa shape index (κ2) is 6.02. The van der Waals surface area contributed by atoms with Gasteiger partial charge in [0.15, 0.2) is 0 Å². The van der Waals surface area contributed by atoms with Crippen LogP contribution in [0, 0.1) is 0 Å². The van der Waals surface area contributed by atoms with Crippen LogP contribution >= 0.6 is 15.9 Å². The van der Waals surface area contributed by atoms with Gasteiger partial charge in [0, 0.05) is 15.7 Å². The first-order valence-electron chi connectivity index (χ1n) is 5.78. The lowest BCUT2D eigenvalue weighted by molar-refractivity contribution is -0.117. The van der Waals surface area contributed by atoms with E-state index in [1.165, 1.54) is 6.26 Å². The first-order valence-corrected chi connectivity index (χ1v) is 6.58. The molecular weight excluding hydrogens is 296 g/mol. The van der Waals surface area contributed by atoms with Gasteiger partial charge >= 0.3 is 0 Å². The number of fused-ring (bicyclic) bond motifs is 1. The van der Waals surface area contributed by atoms with Crippen LogP contribution < -0.4 is 10.6 Å². The zero-order chi connectivity index (χ0) is 13.0. The van der Waals surface area contributed by atoms with E-state index in [-0.39, 0.29) is 11.9 Å². The Morgan fingerprint density at radius 1 is 1.56 bits per heavy atom. The number of halogens is 1. The van der Waals surface area contributed by atoms with Crippen molar-refractivity contribution in [1.82, 2.24) is 5.32 Å². The molecule has 0 fully saturated rings. The Labute approximate surface area is 115 Å². The van der Waals surface area contributed by atoms with Crippen molar-refractivity contribution in [1.29, 1.82) is 0 Å². The average Bonchev–Trinajstić information content (AvgIpc) is 2.65. The SMILES string of the molecule is C=COCCCNC1C(=O)Nc2ccc(Br)cc21. The molecule has 5 heteroatoms. The molecule has 4 nitrogen and oxygen atoms in total. The summed E-state index contributed by atoms with van der Waals surface area (Å²) in [5.41, 5.74) is 1.86. The van der Waals surface area contributed by atoms with Crippen LogP contribution in [-0.4, -0.2) is 19.1 Å². The number of benzene rings is 1. The molecule has 1 aromatic rings. The van der Waals surface area contributed by atoms with Gasteiger partial charge in [-0.2, -0.15) is 0 Å². The van der Waals surface area contributed by atoms with E-state index < -0.39 is 0 Å². The molecule has 2 N–H and O–H groups in total. The maximum atomic E-state index is 11.8. The maximum absolute atomic E-state index is 11.8. The quantitative estimate of drug-likeness (QED) is 0.627. The van der Waals surface area contributed by atoms with Crippen molar-refractivity contribution in [2.24, 2.45) is 0 Å². The standard InChI is InChI=1S/C13H15BrN2O2/c1-2-18-7-3-6-15-12-10-8-9(14)4-5-11(10)16-13(12)17/h2,4-5,8,12,15H,1,3,6-7H2,(H,16,17). The molecule has 0 aliphatic carbocycles. The first kappa shape index (κ1) is 13.1. The molecule has 0 radical (unpaired) electrons. The van der Waals surface area contributed by atoms with E-state index >= 15 is 0 Å². The fraction of sp³-hybridized carbons (Fsp3) is 0.308. The molecule has 0 aromatic heterocycles. The summed E-state index contributed by atoms with van der Waals surface area (Å²) >= 11 is 3.42. The van der Waals surface area contributed by atoms with Crippen molar-refractivity contribution in [3.63, 3.8) is 0 Å². The molecule has 0 saturated heterocycles. The zero-order valence-corrected chi connectivity index (χ0v) is 11.5. The van der Waals surface area contributed by atoms with E-state index in [0.29, 0.717) is 6.61 Å². The van der Waals surface area contributed by atoms with Crippen LogP contribution in [-0.2, 0) is 9.53 Å². The molecule has 1 heterocycles. The monoisotopic (exact) mass is 310 g/mol. The number of hydrogen-bond donors (Lipinski definition) is 2. The summed E-state index contributed by atoms with van der Waals surface area (Å²) in [6.07, 6.45) is 2.26. The lowest BCUT2D eigenvalue weighted by atomic mass is 10.1. The van der Waals surface area contributed by atoms with E-state index in [9.17, 15) is 4.79 Å². The minimum absolute atomic E-state index is 0.00672. The largest absolute Gasteiger partial charge is 0.502 e. The smallest absolute Gasteiger partial charge is 0.246 e. The van der Waals surface area contributed by atoms with Crippen molar-refractivity contribution < 1.29 is 9.53 Å². The van der Waals surface area contributed by atoms with Crippen LogP contribution in [0.3, 0.4) is 0 Å². The van der Waals surface area contributed by atoms with Gasteiger partial charge in [-0.3, -0.25) is 4.79 Å². The molecule has 1 aromatic carbocycles. The van der Waals surface area contributed by atoms with E-state index in [1.54, 1.807) is 0 Å². The van der Waals surface area contributed by atoms with E-state index in [4.69, 9.17) is 4.74 Å². The van der Waals surface area contributed by atoms with E-state index in [1.807, 2.05) is 18.2 Å². The van der Waals surface area contributed by atoms with Crippen LogP contribution in [0.25, 0.3) is 0 Å². The lowest BCUT2D eigenvalue weighted by Gasteiger charge is -2.11. The Morgan fingerprint density at radius 3 is 3.17 bits per heavy atom. The molecule has 1 aliphatic rings. The number of ether oxygens (including phenoxy) is 1. The second-order valence-corrected chi connectivity index (χ2v) is 4.91. The van der Waals surface area contributed by atoms with Crippen molar-refractivity contribution in [3.8, 4) is 0 Å². The summed E-state index contributed by atoms with van der Waals surface area (Å²) in [4.78, 5) is 11.8. The summed E-state index contributed by atoms with van der Waals surface area (Å²) in [7, 11) is 0. The van der Waals surface area contributed by atoms with Gasteiger partial charge in [-0.05, 0) is 31.2 Å². The van der Waals surface area contributed by atoms with Crippen LogP contribution in [0.4, 0.5) is 5.69 Å². The minimum atomic E-state index is -0.277. The topological polar surface area (TPSA) is 50.4 Å². The predicted molar refractivity (Wildman–Crippen MR) is 74.3 cm³/mol. The van der Waals surface area contributed by atoms with Gasteiger partial charge in [0.05, 0.1) is 12.9 Å². The molecule has 1 unspecified atom stereocenters. The van der Waals surface area contributed by atoms with Crippen LogP contribution in [0.15, 0.2) is 35.5 Å². The number of amides is 1. The van der Waals surface area contributed by atoms with Gasteiger partial charge in [0.25, 0.3) is 0 Å². The number of rotatable bonds is 6. The molecule has 0 saturated carbocycles. The third-order valence-electron chi connectivity index (χ3n) is 2.75. The molecule has 0 spiro atoms. The van der Waals surface area contributed by atoms with Crippen molar-refractivity contribution >= 4 is 27.5 Å². The fourth-order valence-electron chi connectivity index (χ4n) is 1.92. The number of nitrogens with one attached hydrogen (secondary N) is 2. The maximum Gasteiger partial charge on any atom is 0.246 e. The molecule has 2 rings (SSSR count). The number of carbonyl (C=O) groups excluding carboxylic acids is 1. The average molecular weight is 311 g/mol. The highest BCUT2D eigenvalue weighted by Gasteiger charge is 2.29. The summed E-state index contributed by atoms with van der Waals surface area (Å²) in [5, 5.41) is 6.08. The molecule has 96 valence electrons. The Bertz CT molecular complexity index is 462. The summed E-state index contributed by atoms with van der Waals surface area (Å²) in [5.74, 6) is -0.00672. The Morgan fingerprint density at radius 2 is 2.39 bits per heavy atom. The molecule has 1 amide bonds. The Balaban J connectivity index is 1.95. The van der Waals surface area contributed by atoms with Gasteiger partial charge in [0.2, 0.25) is 5.91 Å². The summed E-state index contributed by atoms with van der Waals surface area (Å²) in [6.45, 7) is 4.80. The second-order valence-electron chi connectivity index (χ2n) is 4.00. The Kier molecular flexibility index (Phi) is 4.38. The Hall–Kier alpha value is -1.33. The third-order valence-corrected chi connectivity index (χ3v) is 3.24. The lowest BCUT2D eigenvalue weighted by Crippen LogP contribution is -2.28. The fourth-order valence-corrected chi connectivity index (χ4v) is 2.30. The van der Waals surface area contributed by atoms with Crippen molar-refractivity contribution in [3.05, 3.63) is 41.1 Å². The van der Waals surface area contributed by atoms with Crippen molar-refractivity contribution in [2.45, 2.75) is 12.5 Å². The van der Waals surface area contributed by atoms with E-state index in [2.05, 4.69) is 33.1 Å². The van der Waals surface area contributed by atoms with Gasteiger partial charge < -0.3 is 15.4 Å². The summed E-state index contributed by atoms with van der Waals surface area (Å²) < 4.78 is 6.00. The highest BCUT2D eigenvalue weighted by atomic mass is 79.9. The highest BCUT2D eigenvalue weighted by molar-refractivity contribution is 9.10. The molecule has 1 aliphatic heterocycles. The first-order chi connectivity index (χ1) is 8.72. The van der Waals surface area contributed by atoms with Crippen LogP contribution in [0.1, 0.15) is 18.0 Å². The third kappa shape index (κ3) is 2.91. The van der Waals surface area contributed by atoms with Crippen molar-refractivity contribution in [2.75, 3.05) is 18.5 Å². The molecule has 18 heavy (non-hydrogen) atoms. The zero-order valence-electron chi connectivity index (χ0n) is 9.91. The number of hydrogen-bond acceptors (Lipinski definition) is 3. The highest BCUT2D eigenvalue weighted by Crippen LogP contribution is 2.32. The molecule has 0 bridgehead atoms.